The fraction of sp³-hybridized carbons (Fsp3) is 0.269. The lowest BCUT2D eigenvalue weighted by molar-refractivity contribution is 0.0682. The molecule has 5 rings (SSSR count). The molecule has 0 spiro atoms. The molecule has 1 fully saturated rings. The molecule has 37 heavy (non-hydrogen) atoms. The first-order valence-corrected chi connectivity index (χ1v) is 11.7. The summed E-state index contributed by atoms with van der Waals surface area (Å²) in [5, 5.41) is 5.56. The lowest BCUT2D eigenvalue weighted by Gasteiger charge is -2.34. The molecule has 2 aliphatic rings. The molecule has 1 saturated heterocycles. The van der Waals surface area contributed by atoms with Gasteiger partial charge in [-0.3, -0.25) is 14.4 Å². The van der Waals surface area contributed by atoms with Crippen LogP contribution >= 0.6 is 0 Å². The van der Waals surface area contributed by atoms with E-state index in [1.165, 1.54) is 6.20 Å². The number of fused-ring (bicyclic) bond motifs is 4. The second-order valence-corrected chi connectivity index (χ2v) is 8.87. The van der Waals surface area contributed by atoms with Crippen molar-refractivity contribution in [2.75, 3.05) is 26.2 Å². The molecule has 0 saturated carbocycles. The highest BCUT2D eigenvalue weighted by Gasteiger charge is 2.37. The zero-order valence-electron chi connectivity index (χ0n) is 19.6. The summed E-state index contributed by atoms with van der Waals surface area (Å²) >= 11 is 0. The van der Waals surface area contributed by atoms with Crippen molar-refractivity contribution in [3.05, 3.63) is 98.7 Å². The summed E-state index contributed by atoms with van der Waals surface area (Å²) in [6.45, 7) is 1.27. The van der Waals surface area contributed by atoms with Crippen LogP contribution in [0.25, 0.3) is 0 Å². The molecule has 2 aliphatic heterocycles. The number of rotatable bonds is 6. The largest absolute Gasteiger partial charge is 0.483 e. The Labute approximate surface area is 209 Å². The van der Waals surface area contributed by atoms with Gasteiger partial charge in [0.05, 0.1) is 6.04 Å². The minimum Gasteiger partial charge on any atom is -0.483 e. The minimum absolute atomic E-state index is 0.0175. The first-order chi connectivity index (χ1) is 17.8. The highest BCUT2D eigenvalue weighted by atomic mass is 19.1. The molecule has 2 amide bonds. The van der Waals surface area contributed by atoms with Crippen molar-refractivity contribution in [1.29, 1.82) is 0 Å². The molecule has 1 unspecified atom stereocenters. The van der Waals surface area contributed by atoms with E-state index in [9.17, 15) is 27.6 Å². The number of hydrogen-bond acceptors (Lipinski definition) is 5. The molecular formula is C26H23F3N4O4. The predicted molar refractivity (Wildman–Crippen MR) is 127 cm³/mol. The first kappa shape index (κ1) is 24.6. The number of pyridine rings is 1. The second kappa shape index (κ2) is 10.1. The third-order valence-electron chi connectivity index (χ3n) is 6.45. The van der Waals surface area contributed by atoms with Crippen LogP contribution in [0.3, 0.4) is 0 Å². The standard InChI is InChI=1S/C26H23F3N4O4/c27-16-8-20(28)18(21(29)9-16)11-31-25(35)19-13-33-17-10-30-6-7-32(12-17)26(36)22(33)24(23(19)34)37-14-15-4-2-1-3-5-15/h1-5,8-9,13,17,30H,6-7,10-12,14H2,(H,31,35). The van der Waals surface area contributed by atoms with Crippen LogP contribution in [0.2, 0.25) is 0 Å². The number of benzene rings is 2. The predicted octanol–water partition coefficient (Wildman–Crippen LogP) is 2.37. The van der Waals surface area contributed by atoms with Gasteiger partial charge in [0.1, 0.15) is 29.6 Å². The van der Waals surface area contributed by atoms with Crippen LogP contribution in [0.4, 0.5) is 13.2 Å². The van der Waals surface area contributed by atoms with Crippen molar-refractivity contribution in [2.24, 2.45) is 0 Å². The Morgan fingerprint density at radius 1 is 1.11 bits per heavy atom. The van der Waals surface area contributed by atoms with Gasteiger partial charge in [0.2, 0.25) is 5.43 Å². The van der Waals surface area contributed by atoms with Crippen molar-refractivity contribution in [3.8, 4) is 5.75 Å². The van der Waals surface area contributed by atoms with E-state index >= 15 is 0 Å². The third kappa shape index (κ3) is 4.82. The lowest BCUT2D eigenvalue weighted by atomic mass is 10.1. The molecule has 11 heteroatoms. The molecule has 1 atom stereocenters. The molecular weight excluding hydrogens is 489 g/mol. The molecule has 0 radical (unpaired) electrons. The quantitative estimate of drug-likeness (QED) is 0.529. The highest BCUT2D eigenvalue weighted by Crippen LogP contribution is 2.28. The maximum atomic E-state index is 14.0. The molecule has 2 bridgehead atoms. The van der Waals surface area contributed by atoms with Crippen LogP contribution in [0, 0.1) is 17.5 Å². The molecule has 3 heterocycles. The van der Waals surface area contributed by atoms with Crippen molar-refractivity contribution in [2.45, 2.75) is 19.2 Å². The summed E-state index contributed by atoms with van der Waals surface area (Å²) < 4.78 is 48.7. The normalized spacial score (nSPS) is 16.7. The number of carbonyl (C=O) groups excluding carboxylic acids is 2. The van der Waals surface area contributed by atoms with Gasteiger partial charge in [-0.1, -0.05) is 30.3 Å². The number of halogens is 3. The topological polar surface area (TPSA) is 92.7 Å². The summed E-state index contributed by atoms with van der Waals surface area (Å²) in [5.41, 5.74) is -0.915. The van der Waals surface area contributed by atoms with Crippen LogP contribution in [0.1, 0.15) is 38.0 Å². The molecule has 3 aromatic rings. The zero-order chi connectivity index (χ0) is 26.1. The highest BCUT2D eigenvalue weighted by molar-refractivity contribution is 5.99. The summed E-state index contributed by atoms with van der Waals surface area (Å²) in [6.07, 6.45) is 1.28. The number of aromatic nitrogens is 1. The fourth-order valence-electron chi connectivity index (χ4n) is 4.55. The van der Waals surface area contributed by atoms with Crippen LogP contribution < -0.4 is 20.8 Å². The van der Waals surface area contributed by atoms with Crippen molar-refractivity contribution in [1.82, 2.24) is 20.1 Å². The maximum absolute atomic E-state index is 14.0. The number of amides is 2. The van der Waals surface area contributed by atoms with Gasteiger partial charge in [-0.15, -0.1) is 0 Å². The third-order valence-corrected chi connectivity index (χ3v) is 6.45. The van der Waals surface area contributed by atoms with Crippen LogP contribution in [-0.4, -0.2) is 47.5 Å². The Hall–Kier alpha value is -4.12. The number of nitrogens with zero attached hydrogens (tertiary/aromatic N) is 2. The van der Waals surface area contributed by atoms with Crippen LogP contribution in [-0.2, 0) is 13.2 Å². The Kier molecular flexibility index (Phi) is 6.70. The zero-order valence-corrected chi connectivity index (χ0v) is 19.6. The smallest absolute Gasteiger partial charge is 0.274 e. The van der Waals surface area contributed by atoms with Crippen molar-refractivity contribution >= 4 is 11.8 Å². The Bertz CT molecular complexity index is 1400. The number of nitrogens with one attached hydrogen (secondary N) is 2. The monoisotopic (exact) mass is 512 g/mol. The first-order valence-electron chi connectivity index (χ1n) is 11.7. The van der Waals surface area contributed by atoms with Gasteiger partial charge in [-0.2, -0.15) is 0 Å². The molecule has 1 aromatic heterocycles. The second-order valence-electron chi connectivity index (χ2n) is 8.87. The Balaban J connectivity index is 1.52. The van der Waals surface area contributed by atoms with Gasteiger partial charge in [-0.05, 0) is 5.56 Å². The van der Waals surface area contributed by atoms with Crippen LogP contribution in [0.15, 0.2) is 53.5 Å². The van der Waals surface area contributed by atoms with Crippen molar-refractivity contribution in [3.63, 3.8) is 0 Å². The van der Waals surface area contributed by atoms with Gasteiger partial charge in [0, 0.05) is 56.6 Å². The molecule has 192 valence electrons. The van der Waals surface area contributed by atoms with E-state index in [1.54, 1.807) is 33.7 Å². The van der Waals surface area contributed by atoms with E-state index < -0.39 is 40.9 Å². The lowest BCUT2D eigenvalue weighted by Crippen LogP contribution is -2.45. The van der Waals surface area contributed by atoms with E-state index in [1.807, 2.05) is 6.07 Å². The van der Waals surface area contributed by atoms with Gasteiger partial charge < -0.3 is 24.8 Å². The van der Waals surface area contributed by atoms with Gasteiger partial charge in [0.25, 0.3) is 11.8 Å². The Morgan fingerprint density at radius 2 is 1.84 bits per heavy atom. The average Bonchev–Trinajstić information content (AvgIpc) is 3.10. The fourth-order valence-corrected chi connectivity index (χ4v) is 4.55. The van der Waals surface area contributed by atoms with Gasteiger partial charge >= 0.3 is 0 Å². The maximum Gasteiger partial charge on any atom is 0.274 e. The molecule has 2 N–H and O–H groups in total. The van der Waals surface area contributed by atoms with E-state index in [0.717, 1.165) is 5.56 Å². The minimum atomic E-state index is -1.16. The molecule has 2 aromatic carbocycles. The summed E-state index contributed by atoms with van der Waals surface area (Å²) in [5.74, 6) is -4.98. The van der Waals surface area contributed by atoms with Crippen LogP contribution in [0.5, 0.6) is 5.75 Å². The summed E-state index contributed by atoms with van der Waals surface area (Å²) in [7, 11) is 0. The van der Waals surface area contributed by atoms with Gasteiger partial charge in [0.15, 0.2) is 11.4 Å². The Morgan fingerprint density at radius 3 is 2.57 bits per heavy atom. The molecule has 8 nitrogen and oxygen atoms in total. The molecule has 0 aliphatic carbocycles. The summed E-state index contributed by atoms with van der Waals surface area (Å²) in [6, 6.07) is 9.75. The summed E-state index contributed by atoms with van der Waals surface area (Å²) in [4.78, 5) is 41.5. The van der Waals surface area contributed by atoms with E-state index in [0.29, 0.717) is 38.3 Å². The average molecular weight is 512 g/mol. The number of carbonyl (C=O) groups is 2. The van der Waals surface area contributed by atoms with Crippen molar-refractivity contribution < 1.29 is 27.5 Å². The van der Waals surface area contributed by atoms with Gasteiger partial charge in [-0.25, -0.2) is 13.2 Å². The SMILES string of the molecule is O=C(NCc1c(F)cc(F)cc1F)c1cn2c(c(OCc3ccccc3)c1=O)C(=O)N1CCNCC2C1. The van der Waals surface area contributed by atoms with E-state index in [4.69, 9.17) is 4.74 Å². The number of hydrogen-bond donors (Lipinski definition) is 2. The van der Waals surface area contributed by atoms with E-state index in [2.05, 4.69) is 10.6 Å². The number of ether oxygens (including phenoxy) is 1. The van der Waals surface area contributed by atoms with E-state index in [-0.39, 0.29) is 35.6 Å².